The molecule has 4 heteroatoms. The summed E-state index contributed by atoms with van der Waals surface area (Å²) in [5.74, 6) is 0. The second-order valence-electron chi connectivity index (χ2n) is 12.9. The summed E-state index contributed by atoms with van der Waals surface area (Å²) < 4.78 is 11.9. The van der Waals surface area contributed by atoms with Crippen LogP contribution in [0.2, 0.25) is 0 Å². The van der Waals surface area contributed by atoms with Crippen molar-refractivity contribution >= 4 is 21.9 Å². The third kappa shape index (κ3) is 3.01. The zero-order valence-corrected chi connectivity index (χ0v) is 24.8. The SMILES string of the molecule is CC(C)(C)c1ccc2[n+](c1)C1(c3ccccc3-2)c2ccc3c(oc4c(-c5ccccc5)c(C#N)ccc43)c2-c2cccc[n+]21. The van der Waals surface area contributed by atoms with Gasteiger partial charge in [0.2, 0.25) is 11.4 Å². The van der Waals surface area contributed by atoms with Gasteiger partial charge in [-0.05, 0) is 59.5 Å². The van der Waals surface area contributed by atoms with Gasteiger partial charge < -0.3 is 4.42 Å². The van der Waals surface area contributed by atoms with E-state index >= 15 is 0 Å². The Balaban J connectivity index is 1.44. The van der Waals surface area contributed by atoms with Crippen LogP contribution in [0.5, 0.6) is 0 Å². The number of aromatic nitrogens is 2. The quantitative estimate of drug-likeness (QED) is 0.188. The van der Waals surface area contributed by atoms with E-state index in [1.54, 1.807) is 0 Å². The Kier molecular flexibility index (Phi) is 4.84. The molecular weight excluding hydrogens is 538 g/mol. The van der Waals surface area contributed by atoms with E-state index in [2.05, 4.69) is 115 Å². The minimum Gasteiger partial charge on any atom is -0.454 e. The van der Waals surface area contributed by atoms with E-state index in [0.29, 0.717) is 5.56 Å². The monoisotopic (exact) mass is 567 g/mol. The van der Waals surface area contributed by atoms with Crippen LogP contribution in [0.1, 0.15) is 43.0 Å². The molecule has 44 heavy (non-hydrogen) atoms. The maximum absolute atomic E-state index is 10.1. The molecular formula is C40H29N3O+2. The van der Waals surface area contributed by atoms with Crippen LogP contribution in [0.25, 0.3) is 55.6 Å². The molecule has 9 rings (SSSR count). The summed E-state index contributed by atoms with van der Waals surface area (Å²) in [5.41, 5.74) is 11.7. The highest BCUT2D eigenvalue weighted by molar-refractivity contribution is 6.14. The summed E-state index contributed by atoms with van der Waals surface area (Å²) in [5, 5.41) is 12.2. The first-order valence-electron chi connectivity index (χ1n) is 15.1. The number of rotatable bonds is 1. The molecule has 4 aromatic carbocycles. The molecule has 0 saturated heterocycles. The average molecular weight is 568 g/mol. The maximum Gasteiger partial charge on any atom is 0.417 e. The first kappa shape index (κ1) is 25.0. The van der Waals surface area contributed by atoms with Crippen molar-refractivity contribution in [3.63, 3.8) is 0 Å². The predicted octanol–water partition coefficient (Wildman–Crippen LogP) is 8.26. The van der Waals surface area contributed by atoms with Crippen molar-refractivity contribution in [2.45, 2.75) is 31.8 Å². The minimum absolute atomic E-state index is 0.0153. The molecule has 5 heterocycles. The minimum atomic E-state index is -0.619. The van der Waals surface area contributed by atoms with Crippen molar-refractivity contribution in [2.75, 3.05) is 0 Å². The molecule has 0 saturated carbocycles. The van der Waals surface area contributed by atoms with Crippen molar-refractivity contribution in [1.82, 2.24) is 0 Å². The van der Waals surface area contributed by atoms with Crippen LogP contribution in [-0.2, 0) is 11.1 Å². The summed E-state index contributed by atoms with van der Waals surface area (Å²) in [6.07, 6.45) is 4.55. The number of furan rings is 1. The van der Waals surface area contributed by atoms with Crippen molar-refractivity contribution in [1.29, 1.82) is 5.26 Å². The Labute approximate surface area is 255 Å². The fraction of sp³-hybridized carbons (Fsp3) is 0.125. The third-order valence-corrected chi connectivity index (χ3v) is 9.57. The van der Waals surface area contributed by atoms with Gasteiger partial charge in [-0.2, -0.15) is 5.26 Å². The Bertz CT molecular complexity index is 2390. The molecule has 208 valence electrons. The van der Waals surface area contributed by atoms with E-state index < -0.39 is 5.66 Å². The Morgan fingerprint density at radius 3 is 2.18 bits per heavy atom. The lowest BCUT2D eigenvalue weighted by Gasteiger charge is -2.21. The van der Waals surface area contributed by atoms with E-state index in [0.717, 1.165) is 44.3 Å². The van der Waals surface area contributed by atoms with Gasteiger partial charge in [-0.3, -0.25) is 0 Å². The van der Waals surface area contributed by atoms with Gasteiger partial charge in [0.1, 0.15) is 27.9 Å². The molecule has 1 atom stereocenters. The van der Waals surface area contributed by atoms with E-state index in [-0.39, 0.29) is 5.41 Å². The lowest BCUT2D eigenvalue weighted by atomic mass is 9.87. The Morgan fingerprint density at radius 2 is 1.39 bits per heavy atom. The Morgan fingerprint density at radius 1 is 0.659 bits per heavy atom. The van der Waals surface area contributed by atoms with Gasteiger partial charge in [0, 0.05) is 40.1 Å². The summed E-state index contributed by atoms with van der Waals surface area (Å²) in [6.45, 7) is 6.81. The van der Waals surface area contributed by atoms with E-state index in [1.807, 2.05) is 42.5 Å². The van der Waals surface area contributed by atoms with Gasteiger partial charge in [-0.25, -0.2) is 0 Å². The number of hydrogen-bond donors (Lipinski definition) is 0. The molecule has 3 aromatic heterocycles. The molecule has 0 aliphatic carbocycles. The van der Waals surface area contributed by atoms with Gasteiger partial charge in [0.15, 0.2) is 12.4 Å². The highest BCUT2D eigenvalue weighted by Crippen LogP contribution is 2.51. The number of pyridine rings is 2. The predicted molar refractivity (Wildman–Crippen MR) is 172 cm³/mol. The first-order chi connectivity index (χ1) is 21.4. The van der Waals surface area contributed by atoms with Crippen LogP contribution in [0, 0.1) is 11.3 Å². The van der Waals surface area contributed by atoms with Crippen LogP contribution >= 0.6 is 0 Å². The van der Waals surface area contributed by atoms with Crippen molar-refractivity contribution in [2.24, 2.45) is 0 Å². The topological polar surface area (TPSA) is 44.7 Å². The largest absolute Gasteiger partial charge is 0.454 e. The zero-order chi connectivity index (χ0) is 29.8. The second kappa shape index (κ2) is 8.52. The summed E-state index contributed by atoms with van der Waals surface area (Å²) >= 11 is 0. The summed E-state index contributed by atoms with van der Waals surface area (Å²) in [4.78, 5) is 0. The zero-order valence-electron chi connectivity index (χ0n) is 24.8. The van der Waals surface area contributed by atoms with Gasteiger partial charge in [0.25, 0.3) is 0 Å². The molecule has 4 nitrogen and oxygen atoms in total. The molecule has 0 bridgehead atoms. The fourth-order valence-electron chi connectivity index (χ4n) is 7.58. The van der Waals surface area contributed by atoms with Crippen LogP contribution in [0.3, 0.4) is 0 Å². The number of nitrogens with zero attached hydrogens (tertiary/aromatic N) is 3. The maximum atomic E-state index is 10.1. The molecule has 1 unspecified atom stereocenters. The van der Waals surface area contributed by atoms with Crippen molar-refractivity contribution in [3.05, 3.63) is 144 Å². The van der Waals surface area contributed by atoms with Crippen LogP contribution in [0.4, 0.5) is 0 Å². The number of hydrogen-bond acceptors (Lipinski definition) is 2. The van der Waals surface area contributed by atoms with Gasteiger partial charge in [0.05, 0.1) is 17.2 Å². The van der Waals surface area contributed by atoms with Gasteiger partial charge >= 0.3 is 5.66 Å². The molecule has 0 amide bonds. The van der Waals surface area contributed by atoms with Gasteiger partial charge in [-0.15, -0.1) is 9.13 Å². The first-order valence-corrected chi connectivity index (χ1v) is 15.1. The van der Waals surface area contributed by atoms with Crippen LogP contribution < -0.4 is 9.13 Å². The fourth-order valence-corrected chi connectivity index (χ4v) is 7.58. The molecule has 0 radical (unpaired) electrons. The lowest BCUT2D eigenvalue weighted by molar-refractivity contribution is -0.955. The third-order valence-electron chi connectivity index (χ3n) is 9.57. The molecule has 0 N–H and O–H groups in total. The summed E-state index contributed by atoms with van der Waals surface area (Å²) in [6, 6.07) is 40.7. The number of fused-ring (bicyclic) bond motifs is 14. The molecule has 7 aromatic rings. The van der Waals surface area contributed by atoms with Crippen molar-refractivity contribution in [3.8, 4) is 39.7 Å². The highest BCUT2D eigenvalue weighted by Gasteiger charge is 2.67. The van der Waals surface area contributed by atoms with Crippen LogP contribution in [0.15, 0.2) is 126 Å². The highest BCUT2D eigenvalue weighted by atomic mass is 16.3. The summed E-state index contributed by atoms with van der Waals surface area (Å²) in [7, 11) is 0. The standard InChI is InChI=1S/C40H29N3O/c1-39(2,3)27-17-21-33-30-13-7-8-14-31(30)40(43(33)24-27)32-20-19-29-28-18-16-26(23-41)35(25-11-5-4-6-12-25)37(28)44-38(29)36(32)34-15-9-10-22-42(34)40/h4-22,24H,1-3H3/q+2. The normalized spacial score (nSPS) is 16.1. The van der Waals surface area contributed by atoms with E-state index in [4.69, 9.17) is 4.42 Å². The molecule has 1 spiro atoms. The second-order valence-corrected chi connectivity index (χ2v) is 12.9. The van der Waals surface area contributed by atoms with Crippen molar-refractivity contribution < 1.29 is 13.6 Å². The van der Waals surface area contributed by atoms with E-state index in [1.165, 1.54) is 27.9 Å². The molecule has 2 aliphatic heterocycles. The molecule has 2 aliphatic rings. The lowest BCUT2D eigenvalue weighted by Crippen LogP contribution is -2.71. The average Bonchev–Trinajstić information content (AvgIpc) is 3.68. The van der Waals surface area contributed by atoms with E-state index in [9.17, 15) is 5.26 Å². The van der Waals surface area contributed by atoms with Gasteiger partial charge in [-0.1, -0.05) is 63.2 Å². The number of benzene rings is 4. The number of nitriles is 1. The smallest absolute Gasteiger partial charge is 0.417 e. The molecule has 0 fully saturated rings. The Hall–Kier alpha value is -5.53. The van der Waals surface area contributed by atoms with Crippen LogP contribution in [-0.4, -0.2) is 0 Å².